The molecule has 1 atom stereocenters. The van der Waals surface area contributed by atoms with E-state index in [1.165, 1.54) is 50.2 Å². The number of aliphatic imine (C=N–C) groups is 2. The molecular weight excluding hydrogens is 633 g/mol. The molecule has 4 aliphatic rings. The average molecular weight is 675 g/mol. The third-order valence-corrected chi connectivity index (χ3v) is 10.7. The Labute approximate surface area is 306 Å². The van der Waals surface area contributed by atoms with E-state index in [0.717, 1.165) is 75.9 Å². The molecule has 0 spiro atoms. The number of benzene rings is 4. The molecule has 1 aromatic heterocycles. The summed E-state index contributed by atoms with van der Waals surface area (Å²) in [7, 11) is 0. The minimum Gasteiger partial charge on any atom is -0.361 e. The molecule has 5 heterocycles. The van der Waals surface area contributed by atoms with Crippen LogP contribution in [0.25, 0.3) is 16.7 Å². The monoisotopic (exact) mass is 674 g/mol. The maximum absolute atomic E-state index is 5.55. The fraction of sp³-hybridized carbons (Fsp3) is 0.167. The first-order valence-corrected chi connectivity index (χ1v) is 18.4. The Morgan fingerprint density at radius 1 is 0.538 bits per heavy atom. The van der Waals surface area contributed by atoms with Gasteiger partial charge in [0.1, 0.15) is 0 Å². The number of aromatic nitrogens is 1. The maximum Gasteiger partial charge on any atom is 0.0733 e. The quantitative estimate of drug-likeness (QED) is 0.196. The van der Waals surface area contributed by atoms with Crippen molar-refractivity contribution < 1.29 is 0 Å². The smallest absolute Gasteiger partial charge is 0.0733 e. The first kappa shape index (κ1) is 31.9. The predicted molar refractivity (Wildman–Crippen MR) is 216 cm³/mol. The van der Waals surface area contributed by atoms with Crippen molar-refractivity contribution in [3.05, 3.63) is 206 Å². The van der Waals surface area contributed by atoms with Gasteiger partial charge in [0.2, 0.25) is 0 Å². The largest absolute Gasteiger partial charge is 0.361 e. The van der Waals surface area contributed by atoms with Crippen molar-refractivity contribution in [2.24, 2.45) is 9.98 Å². The van der Waals surface area contributed by atoms with Crippen LogP contribution < -0.4 is 5.32 Å². The van der Waals surface area contributed by atoms with Gasteiger partial charge in [-0.15, -0.1) is 0 Å². The number of aromatic amines is 1. The van der Waals surface area contributed by atoms with Crippen molar-refractivity contribution in [1.29, 1.82) is 0 Å². The van der Waals surface area contributed by atoms with Crippen molar-refractivity contribution in [2.45, 2.75) is 52.9 Å². The van der Waals surface area contributed by atoms with E-state index < -0.39 is 0 Å². The molecule has 4 aliphatic heterocycles. The van der Waals surface area contributed by atoms with E-state index in [4.69, 9.17) is 9.98 Å². The standard InChI is InChI=1S/C48H42N4/c1-29-5-13-33(14-6-29)45-37-21-23-39(49-37)46(34-15-7-30(2)8-16-34)41-25-27-43(51-41)48(36-19-11-32(4)12-20-36)44-28-26-42(52-44)47(40-24-22-38(45)50-40)35-17-9-31(3)10-18-35/h5-25,46,50-51H,26-28H2,1-4H3. The van der Waals surface area contributed by atoms with Gasteiger partial charge in [-0.1, -0.05) is 125 Å². The van der Waals surface area contributed by atoms with Crippen molar-refractivity contribution >= 4 is 28.1 Å². The van der Waals surface area contributed by atoms with E-state index in [2.05, 4.69) is 165 Å². The number of allylic oxidation sites excluding steroid dienone is 6. The summed E-state index contributed by atoms with van der Waals surface area (Å²) in [5.41, 5.74) is 21.8. The second kappa shape index (κ2) is 13.0. The normalized spacial score (nSPS) is 18.2. The van der Waals surface area contributed by atoms with Crippen molar-refractivity contribution in [1.82, 2.24) is 10.3 Å². The summed E-state index contributed by atoms with van der Waals surface area (Å²) < 4.78 is 0. The van der Waals surface area contributed by atoms with Crippen LogP contribution in [0.5, 0.6) is 0 Å². The highest BCUT2D eigenvalue weighted by atomic mass is 15.0. The minimum atomic E-state index is -0.0494. The Kier molecular flexibility index (Phi) is 7.96. The van der Waals surface area contributed by atoms with Gasteiger partial charge in [-0.2, -0.15) is 0 Å². The molecule has 8 bridgehead atoms. The predicted octanol–water partition coefficient (Wildman–Crippen LogP) is 11.1. The molecule has 254 valence electrons. The van der Waals surface area contributed by atoms with Gasteiger partial charge in [0, 0.05) is 45.9 Å². The second-order valence-electron chi connectivity index (χ2n) is 14.6. The van der Waals surface area contributed by atoms with Gasteiger partial charge in [-0.05, 0) is 87.1 Å². The molecule has 0 saturated carbocycles. The van der Waals surface area contributed by atoms with Crippen LogP contribution in [0.15, 0.2) is 160 Å². The molecule has 52 heavy (non-hydrogen) atoms. The number of fused-ring (bicyclic) bond motifs is 6. The van der Waals surface area contributed by atoms with Gasteiger partial charge < -0.3 is 10.3 Å². The van der Waals surface area contributed by atoms with Crippen molar-refractivity contribution in [3.63, 3.8) is 0 Å². The molecule has 0 amide bonds. The van der Waals surface area contributed by atoms with E-state index in [0.29, 0.717) is 0 Å². The van der Waals surface area contributed by atoms with E-state index >= 15 is 0 Å². The van der Waals surface area contributed by atoms with Crippen LogP contribution in [0.3, 0.4) is 0 Å². The number of rotatable bonds is 4. The highest BCUT2D eigenvalue weighted by Gasteiger charge is 2.31. The van der Waals surface area contributed by atoms with Gasteiger partial charge in [-0.3, -0.25) is 9.98 Å². The van der Waals surface area contributed by atoms with Crippen LogP contribution in [0.4, 0.5) is 0 Å². The lowest BCUT2D eigenvalue weighted by Crippen LogP contribution is -2.21. The number of aryl methyl sites for hydroxylation is 4. The molecule has 0 aliphatic carbocycles. The summed E-state index contributed by atoms with van der Waals surface area (Å²) in [4.78, 5) is 14.9. The molecule has 9 rings (SSSR count). The third-order valence-electron chi connectivity index (χ3n) is 10.7. The van der Waals surface area contributed by atoms with Crippen LogP contribution in [0, 0.1) is 27.7 Å². The van der Waals surface area contributed by atoms with Gasteiger partial charge in [0.15, 0.2) is 0 Å². The van der Waals surface area contributed by atoms with E-state index in [9.17, 15) is 0 Å². The van der Waals surface area contributed by atoms with Crippen LogP contribution in [-0.2, 0) is 0 Å². The maximum atomic E-state index is 5.55. The summed E-state index contributed by atoms with van der Waals surface area (Å²) in [6.45, 7) is 8.57. The lowest BCUT2D eigenvalue weighted by Gasteiger charge is -2.21. The zero-order valence-electron chi connectivity index (χ0n) is 30.2. The van der Waals surface area contributed by atoms with Gasteiger partial charge in [0.25, 0.3) is 0 Å². The first-order valence-electron chi connectivity index (χ1n) is 18.4. The first-order chi connectivity index (χ1) is 25.4. The Morgan fingerprint density at radius 2 is 1.08 bits per heavy atom. The third kappa shape index (κ3) is 5.84. The number of nitrogens with one attached hydrogen (secondary N) is 2. The lowest BCUT2D eigenvalue weighted by molar-refractivity contribution is 0.907. The summed E-state index contributed by atoms with van der Waals surface area (Å²) in [6.07, 6.45) is 9.32. The molecule has 4 aromatic carbocycles. The highest BCUT2D eigenvalue weighted by Crippen LogP contribution is 2.41. The topological polar surface area (TPSA) is 52.5 Å². The molecule has 1 unspecified atom stereocenters. The molecule has 0 fully saturated rings. The van der Waals surface area contributed by atoms with Crippen molar-refractivity contribution in [3.8, 4) is 0 Å². The fourth-order valence-corrected chi connectivity index (χ4v) is 7.94. The van der Waals surface area contributed by atoms with Crippen LogP contribution in [0.1, 0.15) is 81.1 Å². The number of hydrogen-bond acceptors (Lipinski definition) is 3. The molecular formula is C48H42N4. The molecule has 4 nitrogen and oxygen atoms in total. The summed E-state index contributed by atoms with van der Waals surface area (Å²) in [5, 5.41) is 3.97. The average Bonchev–Trinajstić information content (AvgIpc) is 3.99. The zero-order valence-corrected chi connectivity index (χ0v) is 30.2. The lowest BCUT2D eigenvalue weighted by atomic mass is 9.90. The summed E-state index contributed by atoms with van der Waals surface area (Å²) in [5.74, 6) is -0.0494. The number of H-pyrrole nitrogens is 1. The van der Waals surface area contributed by atoms with Gasteiger partial charge in [0.05, 0.1) is 28.7 Å². The van der Waals surface area contributed by atoms with Crippen LogP contribution in [-0.4, -0.2) is 16.4 Å². The van der Waals surface area contributed by atoms with E-state index in [1.807, 2.05) is 0 Å². The van der Waals surface area contributed by atoms with E-state index in [-0.39, 0.29) is 5.92 Å². The highest BCUT2D eigenvalue weighted by molar-refractivity contribution is 6.26. The summed E-state index contributed by atoms with van der Waals surface area (Å²) in [6, 6.07) is 40.0. The Bertz CT molecular complexity index is 2440. The van der Waals surface area contributed by atoms with Gasteiger partial charge >= 0.3 is 0 Å². The number of hydrogen-bond donors (Lipinski definition) is 2. The fourth-order valence-electron chi connectivity index (χ4n) is 7.94. The van der Waals surface area contributed by atoms with Crippen molar-refractivity contribution in [2.75, 3.05) is 0 Å². The Balaban J connectivity index is 1.32. The second-order valence-corrected chi connectivity index (χ2v) is 14.6. The molecule has 4 heteroatoms. The summed E-state index contributed by atoms with van der Waals surface area (Å²) >= 11 is 0. The molecule has 0 saturated heterocycles. The molecule has 0 radical (unpaired) electrons. The van der Waals surface area contributed by atoms with Crippen LogP contribution in [0.2, 0.25) is 0 Å². The van der Waals surface area contributed by atoms with Crippen LogP contribution >= 0.6 is 0 Å². The van der Waals surface area contributed by atoms with E-state index in [1.54, 1.807) is 0 Å². The SMILES string of the molecule is Cc1ccc(C2=C3CC=C(N3)C(c3ccc(C)cc3)C3=NC(=C(c4ccc(C)cc4)c4ccc([nH]4)C(c4ccc(C)cc4)=C4CCC2=N4)C=C3)cc1. The Hall–Kier alpha value is -6.00. The number of nitrogens with zero attached hydrogens (tertiary/aromatic N) is 2. The molecule has 5 aromatic rings. The minimum absolute atomic E-state index is 0.0494. The zero-order chi connectivity index (χ0) is 35.3. The Morgan fingerprint density at radius 3 is 1.69 bits per heavy atom. The molecule has 2 N–H and O–H groups in total. The van der Waals surface area contributed by atoms with Gasteiger partial charge in [-0.25, -0.2) is 0 Å².